The van der Waals surface area contributed by atoms with Crippen molar-refractivity contribution in [2.24, 2.45) is 5.73 Å². The number of pyridine rings is 1. The summed E-state index contributed by atoms with van der Waals surface area (Å²) in [6.07, 6.45) is 1.15. The van der Waals surface area contributed by atoms with Gasteiger partial charge in [-0.25, -0.2) is 9.78 Å². The van der Waals surface area contributed by atoms with E-state index in [9.17, 15) is 9.59 Å². The van der Waals surface area contributed by atoms with Gasteiger partial charge in [0.25, 0.3) is 5.91 Å². The topological polar surface area (TPSA) is 82.3 Å². The van der Waals surface area contributed by atoms with Crippen molar-refractivity contribution in [3.63, 3.8) is 0 Å². The summed E-state index contributed by atoms with van der Waals surface area (Å²) in [4.78, 5) is 25.4. The van der Waals surface area contributed by atoms with Crippen LogP contribution in [0.5, 0.6) is 0 Å². The molecule has 0 aliphatic heterocycles. The molecular weight excluding hydrogens is 278 g/mol. The smallest absolute Gasteiger partial charge is 0.359 e. The molecule has 0 aromatic carbocycles. The van der Waals surface area contributed by atoms with E-state index < -0.39 is 18.5 Å². The van der Waals surface area contributed by atoms with E-state index in [2.05, 4.69) is 9.72 Å². The first-order chi connectivity index (χ1) is 7.43. The largest absolute Gasteiger partial charge is 0.451 e. The summed E-state index contributed by atoms with van der Waals surface area (Å²) in [5.74, 6) is -1.69. The predicted molar refractivity (Wildman–Crippen MR) is 58.7 cm³/mol. The zero-order valence-electron chi connectivity index (χ0n) is 7.67. The van der Waals surface area contributed by atoms with Crippen molar-refractivity contribution in [1.82, 2.24) is 4.98 Å². The minimum Gasteiger partial charge on any atom is -0.451 e. The van der Waals surface area contributed by atoms with Gasteiger partial charge in [-0.05, 0) is 0 Å². The van der Waals surface area contributed by atoms with Gasteiger partial charge in [0.05, 0.1) is 15.1 Å². The number of amides is 1. The number of carbonyl (C=O) groups excluding carboxylic acids is 2. The number of halogens is 3. The zero-order chi connectivity index (χ0) is 12.3. The normalized spacial score (nSPS) is 9.94. The van der Waals surface area contributed by atoms with Crippen LogP contribution in [-0.2, 0) is 9.53 Å². The van der Waals surface area contributed by atoms with E-state index in [0.717, 1.165) is 6.20 Å². The Morgan fingerprint density at radius 2 is 1.94 bits per heavy atom. The molecule has 8 heteroatoms. The van der Waals surface area contributed by atoms with E-state index in [1.807, 2.05) is 0 Å². The van der Waals surface area contributed by atoms with Crippen LogP contribution in [0.15, 0.2) is 6.20 Å². The highest BCUT2D eigenvalue weighted by molar-refractivity contribution is 6.48. The Bertz CT molecular complexity index is 450. The van der Waals surface area contributed by atoms with Gasteiger partial charge in [0.15, 0.2) is 12.3 Å². The molecule has 1 heterocycles. The molecule has 2 N–H and O–H groups in total. The summed E-state index contributed by atoms with van der Waals surface area (Å²) in [5.41, 5.74) is 4.57. The number of aromatic nitrogens is 1. The molecule has 0 bridgehead atoms. The zero-order valence-corrected chi connectivity index (χ0v) is 9.94. The minimum atomic E-state index is -0.901. The average Bonchev–Trinajstić information content (AvgIpc) is 2.23. The van der Waals surface area contributed by atoms with Gasteiger partial charge in [0, 0.05) is 6.20 Å². The van der Waals surface area contributed by atoms with Crippen LogP contribution >= 0.6 is 34.8 Å². The number of rotatable bonds is 3. The molecule has 0 saturated carbocycles. The second-order valence-electron chi connectivity index (χ2n) is 2.63. The fourth-order valence-corrected chi connectivity index (χ4v) is 1.35. The Balaban J connectivity index is 2.92. The van der Waals surface area contributed by atoms with Gasteiger partial charge in [-0.3, -0.25) is 4.79 Å². The van der Waals surface area contributed by atoms with Crippen LogP contribution in [0.2, 0.25) is 15.1 Å². The van der Waals surface area contributed by atoms with Crippen molar-refractivity contribution in [1.29, 1.82) is 0 Å². The number of primary amides is 1. The first-order valence-electron chi connectivity index (χ1n) is 3.88. The third-order valence-electron chi connectivity index (χ3n) is 1.46. The fraction of sp³-hybridized carbons (Fsp3) is 0.125. The van der Waals surface area contributed by atoms with Crippen LogP contribution in [0.4, 0.5) is 0 Å². The number of esters is 1. The standard InChI is InChI=1S/C8H5Cl3N2O3/c9-3-1-13-7(6(11)5(3)10)8(15)16-2-4(12)14/h1H,2H2,(H2,12,14). The van der Waals surface area contributed by atoms with E-state index in [1.54, 1.807) is 0 Å². The van der Waals surface area contributed by atoms with Crippen LogP contribution in [0.3, 0.4) is 0 Å². The number of hydrogen-bond acceptors (Lipinski definition) is 4. The highest BCUT2D eigenvalue weighted by atomic mass is 35.5. The molecule has 0 atom stereocenters. The molecule has 16 heavy (non-hydrogen) atoms. The molecular formula is C8H5Cl3N2O3. The number of nitrogens with zero attached hydrogens (tertiary/aromatic N) is 1. The third-order valence-corrected chi connectivity index (χ3v) is 2.70. The highest BCUT2D eigenvalue weighted by Crippen LogP contribution is 2.31. The number of carbonyl (C=O) groups is 2. The maximum absolute atomic E-state index is 11.4. The second kappa shape index (κ2) is 5.34. The Hall–Kier alpha value is -1.04. The van der Waals surface area contributed by atoms with Crippen molar-refractivity contribution < 1.29 is 14.3 Å². The van der Waals surface area contributed by atoms with E-state index in [0.29, 0.717) is 0 Å². The Kier molecular flexibility index (Phi) is 4.35. The summed E-state index contributed by atoms with van der Waals surface area (Å²) >= 11 is 17.0. The van der Waals surface area contributed by atoms with Crippen molar-refractivity contribution in [3.8, 4) is 0 Å². The van der Waals surface area contributed by atoms with Crippen LogP contribution in [0.1, 0.15) is 10.5 Å². The molecule has 0 aliphatic carbocycles. The van der Waals surface area contributed by atoms with Crippen LogP contribution in [0.25, 0.3) is 0 Å². The lowest BCUT2D eigenvalue weighted by Crippen LogP contribution is -2.21. The van der Waals surface area contributed by atoms with Crippen molar-refractivity contribution in [2.45, 2.75) is 0 Å². The molecule has 1 rings (SSSR count). The van der Waals surface area contributed by atoms with Gasteiger partial charge in [0.2, 0.25) is 0 Å². The number of hydrogen-bond donors (Lipinski definition) is 1. The first-order valence-corrected chi connectivity index (χ1v) is 5.01. The van der Waals surface area contributed by atoms with Gasteiger partial charge < -0.3 is 10.5 Å². The summed E-state index contributed by atoms with van der Waals surface area (Å²) in [6.45, 7) is -0.558. The average molecular weight is 283 g/mol. The van der Waals surface area contributed by atoms with Gasteiger partial charge >= 0.3 is 5.97 Å². The quantitative estimate of drug-likeness (QED) is 0.856. The van der Waals surface area contributed by atoms with Crippen LogP contribution in [-0.4, -0.2) is 23.5 Å². The fourth-order valence-electron chi connectivity index (χ4n) is 0.791. The summed E-state index contributed by atoms with van der Waals surface area (Å²) in [7, 11) is 0. The lowest BCUT2D eigenvalue weighted by molar-refractivity contribution is -0.121. The van der Waals surface area contributed by atoms with E-state index in [1.165, 1.54) is 0 Å². The SMILES string of the molecule is NC(=O)COC(=O)c1ncc(Cl)c(Cl)c1Cl. The molecule has 86 valence electrons. The minimum absolute atomic E-state index is 0.00985. The maximum atomic E-state index is 11.4. The maximum Gasteiger partial charge on any atom is 0.359 e. The molecule has 1 aromatic rings. The van der Waals surface area contributed by atoms with E-state index in [4.69, 9.17) is 40.5 Å². The summed E-state index contributed by atoms with van der Waals surface area (Å²) in [6, 6.07) is 0. The van der Waals surface area contributed by atoms with E-state index in [-0.39, 0.29) is 20.8 Å². The molecule has 0 saturated heterocycles. The highest BCUT2D eigenvalue weighted by Gasteiger charge is 2.18. The molecule has 0 unspecified atom stereocenters. The van der Waals surface area contributed by atoms with Gasteiger partial charge in [-0.2, -0.15) is 0 Å². The lowest BCUT2D eigenvalue weighted by atomic mass is 10.3. The van der Waals surface area contributed by atoms with Crippen LogP contribution in [0, 0.1) is 0 Å². The summed E-state index contributed by atoms with van der Waals surface area (Å²) < 4.78 is 4.50. The second-order valence-corrected chi connectivity index (χ2v) is 3.79. The van der Waals surface area contributed by atoms with Gasteiger partial charge in [-0.1, -0.05) is 34.8 Å². The lowest BCUT2D eigenvalue weighted by Gasteiger charge is -2.05. The Labute approximate surface area is 105 Å². The Morgan fingerprint density at radius 3 is 2.50 bits per heavy atom. The van der Waals surface area contributed by atoms with Crippen molar-refractivity contribution >= 4 is 46.7 Å². The third kappa shape index (κ3) is 2.98. The Morgan fingerprint density at radius 1 is 1.31 bits per heavy atom. The van der Waals surface area contributed by atoms with Crippen molar-refractivity contribution in [2.75, 3.05) is 6.61 Å². The monoisotopic (exact) mass is 282 g/mol. The van der Waals surface area contributed by atoms with Gasteiger partial charge in [0.1, 0.15) is 0 Å². The first kappa shape index (κ1) is 13.0. The molecule has 0 aliphatic rings. The molecule has 5 nitrogen and oxygen atoms in total. The number of nitrogens with two attached hydrogens (primary N) is 1. The molecule has 1 amide bonds. The molecule has 1 aromatic heterocycles. The molecule has 0 spiro atoms. The molecule has 0 radical (unpaired) electrons. The number of ether oxygens (including phenoxy) is 1. The van der Waals surface area contributed by atoms with Gasteiger partial charge in [-0.15, -0.1) is 0 Å². The molecule has 0 fully saturated rings. The van der Waals surface area contributed by atoms with Crippen molar-refractivity contribution in [3.05, 3.63) is 27.0 Å². The summed E-state index contributed by atoms with van der Waals surface area (Å²) in [5, 5.41) is -0.0360. The van der Waals surface area contributed by atoms with E-state index >= 15 is 0 Å². The predicted octanol–water partition coefficient (Wildman–Crippen LogP) is 1.68. The van der Waals surface area contributed by atoms with Crippen LogP contribution < -0.4 is 5.73 Å².